The standard InChI is InChI=1S/C21H24N4O5/c1-13-7-3-4-9-15(13)18-22-16(30-24-18)12-29-17(26)11-25-19(27)21(23-20(25)28)10-6-5-8-14(21)2/h3-4,7,9,14H,5-6,8,10-12H2,1-2H3,(H,23,28). The second kappa shape index (κ2) is 7.89. The van der Waals surface area contributed by atoms with E-state index in [1.54, 1.807) is 0 Å². The summed E-state index contributed by atoms with van der Waals surface area (Å²) in [5.41, 5.74) is 0.918. The average molecular weight is 412 g/mol. The molecular weight excluding hydrogens is 388 g/mol. The van der Waals surface area contributed by atoms with E-state index in [4.69, 9.17) is 9.26 Å². The van der Waals surface area contributed by atoms with Gasteiger partial charge in [-0.3, -0.25) is 14.5 Å². The van der Waals surface area contributed by atoms with Crippen molar-refractivity contribution < 1.29 is 23.6 Å². The lowest BCUT2D eigenvalue weighted by Crippen LogP contribution is -2.54. The number of amides is 3. The van der Waals surface area contributed by atoms with Gasteiger partial charge in [0.2, 0.25) is 5.82 Å². The summed E-state index contributed by atoms with van der Waals surface area (Å²) >= 11 is 0. The van der Waals surface area contributed by atoms with Gasteiger partial charge in [0.15, 0.2) is 6.61 Å². The Morgan fingerprint density at radius 2 is 2.13 bits per heavy atom. The molecular formula is C21H24N4O5. The number of aromatic nitrogens is 2. The Hall–Kier alpha value is -3.23. The number of benzene rings is 1. The molecule has 1 aliphatic carbocycles. The molecule has 0 bridgehead atoms. The Balaban J connectivity index is 1.36. The lowest BCUT2D eigenvalue weighted by atomic mass is 9.73. The number of nitrogens with zero attached hydrogens (tertiary/aromatic N) is 3. The first-order chi connectivity index (χ1) is 14.4. The maximum atomic E-state index is 12.9. The molecule has 2 aromatic rings. The number of hydrogen-bond acceptors (Lipinski definition) is 7. The van der Waals surface area contributed by atoms with Gasteiger partial charge in [-0.1, -0.05) is 49.2 Å². The molecule has 2 unspecified atom stereocenters. The van der Waals surface area contributed by atoms with Crippen LogP contribution >= 0.6 is 0 Å². The van der Waals surface area contributed by atoms with Crippen molar-refractivity contribution in [3.05, 3.63) is 35.7 Å². The van der Waals surface area contributed by atoms with Gasteiger partial charge in [-0.15, -0.1) is 0 Å². The zero-order valence-electron chi connectivity index (χ0n) is 17.0. The highest BCUT2D eigenvalue weighted by molar-refractivity contribution is 6.08. The molecule has 158 valence electrons. The van der Waals surface area contributed by atoms with Crippen LogP contribution in [0.1, 0.15) is 44.1 Å². The van der Waals surface area contributed by atoms with Crippen LogP contribution in [-0.4, -0.2) is 45.0 Å². The Labute approximate surface area is 173 Å². The van der Waals surface area contributed by atoms with Gasteiger partial charge in [0.1, 0.15) is 12.1 Å². The van der Waals surface area contributed by atoms with Gasteiger partial charge in [0.05, 0.1) is 0 Å². The third-order valence-corrected chi connectivity index (χ3v) is 6.00. The lowest BCUT2D eigenvalue weighted by Gasteiger charge is -2.36. The number of carbonyl (C=O) groups is 3. The van der Waals surface area contributed by atoms with Crippen LogP contribution < -0.4 is 5.32 Å². The topological polar surface area (TPSA) is 115 Å². The van der Waals surface area contributed by atoms with Crippen LogP contribution in [-0.2, 0) is 20.9 Å². The molecule has 2 fully saturated rings. The predicted molar refractivity (Wildman–Crippen MR) is 105 cm³/mol. The quantitative estimate of drug-likeness (QED) is 0.593. The summed E-state index contributed by atoms with van der Waals surface area (Å²) in [7, 11) is 0. The van der Waals surface area contributed by atoms with E-state index in [2.05, 4.69) is 15.5 Å². The smallest absolute Gasteiger partial charge is 0.326 e. The highest BCUT2D eigenvalue weighted by atomic mass is 16.6. The molecule has 1 spiro atoms. The SMILES string of the molecule is Cc1ccccc1-c1noc(COC(=O)CN2C(=O)NC3(CCCCC3C)C2=O)n1. The third-order valence-electron chi connectivity index (χ3n) is 6.00. The number of nitrogens with one attached hydrogen (secondary N) is 1. The molecule has 2 aliphatic rings. The molecule has 9 nitrogen and oxygen atoms in total. The molecule has 1 aromatic heterocycles. The van der Waals surface area contributed by atoms with Crippen LogP contribution in [0.5, 0.6) is 0 Å². The van der Waals surface area contributed by atoms with Gasteiger partial charge in [0.25, 0.3) is 11.8 Å². The third kappa shape index (κ3) is 3.55. The Kier molecular flexibility index (Phi) is 5.27. The number of imide groups is 1. The van der Waals surface area contributed by atoms with Crippen LogP contribution in [0.4, 0.5) is 4.79 Å². The second-order valence-corrected chi connectivity index (χ2v) is 7.93. The molecule has 1 aromatic carbocycles. The second-order valence-electron chi connectivity index (χ2n) is 7.93. The zero-order valence-corrected chi connectivity index (χ0v) is 17.0. The maximum absolute atomic E-state index is 12.9. The number of carbonyl (C=O) groups excluding carboxylic acids is 3. The van der Waals surface area contributed by atoms with E-state index >= 15 is 0 Å². The summed E-state index contributed by atoms with van der Waals surface area (Å²) in [6.45, 7) is 3.21. The Bertz CT molecular complexity index is 987. The highest BCUT2D eigenvalue weighted by Crippen LogP contribution is 2.38. The molecule has 1 saturated heterocycles. The Morgan fingerprint density at radius 1 is 1.33 bits per heavy atom. The fourth-order valence-corrected chi connectivity index (χ4v) is 4.20. The van der Waals surface area contributed by atoms with Crippen molar-refractivity contribution >= 4 is 17.9 Å². The minimum absolute atomic E-state index is 0.0296. The molecule has 4 rings (SSSR count). The summed E-state index contributed by atoms with van der Waals surface area (Å²) in [6.07, 6.45) is 3.36. The van der Waals surface area contributed by atoms with Gasteiger partial charge >= 0.3 is 12.0 Å². The van der Waals surface area contributed by atoms with E-state index in [-0.39, 0.29) is 24.3 Å². The van der Waals surface area contributed by atoms with E-state index < -0.39 is 24.1 Å². The van der Waals surface area contributed by atoms with Gasteiger partial charge in [-0.2, -0.15) is 4.98 Å². The first-order valence-corrected chi connectivity index (χ1v) is 10.1. The fraction of sp³-hybridized carbons (Fsp3) is 0.476. The van der Waals surface area contributed by atoms with Crippen LogP contribution in [0, 0.1) is 12.8 Å². The number of aryl methyl sites for hydroxylation is 1. The van der Waals surface area contributed by atoms with Crippen molar-refractivity contribution in [1.82, 2.24) is 20.4 Å². The first kappa shape index (κ1) is 20.1. The number of urea groups is 1. The van der Waals surface area contributed by atoms with Crippen molar-refractivity contribution in [2.75, 3.05) is 6.54 Å². The summed E-state index contributed by atoms with van der Waals surface area (Å²) in [5.74, 6) is -0.495. The summed E-state index contributed by atoms with van der Waals surface area (Å²) < 4.78 is 10.3. The van der Waals surface area contributed by atoms with Crippen LogP contribution in [0.3, 0.4) is 0 Å². The normalized spacial score (nSPS) is 23.7. The van der Waals surface area contributed by atoms with Gasteiger partial charge in [-0.25, -0.2) is 4.79 Å². The molecule has 1 aliphatic heterocycles. The van der Waals surface area contributed by atoms with E-state index in [0.717, 1.165) is 35.3 Å². The molecule has 3 amide bonds. The summed E-state index contributed by atoms with van der Waals surface area (Å²) in [4.78, 5) is 42.7. The average Bonchev–Trinajstić information content (AvgIpc) is 3.28. The van der Waals surface area contributed by atoms with Crippen LogP contribution in [0.2, 0.25) is 0 Å². The van der Waals surface area contributed by atoms with E-state index in [0.29, 0.717) is 12.2 Å². The number of ether oxygens (including phenoxy) is 1. The number of hydrogen-bond donors (Lipinski definition) is 1. The predicted octanol–water partition coefficient (Wildman–Crippen LogP) is 2.59. The van der Waals surface area contributed by atoms with Crippen molar-refractivity contribution in [2.45, 2.75) is 51.7 Å². The largest absolute Gasteiger partial charge is 0.454 e. The number of esters is 1. The fourth-order valence-electron chi connectivity index (χ4n) is 4.20. The monoisotopic (exact) mass is 412 g/mol. The van der Waals surface area contributed by atoms with Gasteiger partial charge in [-0.05, 0) is 31.2 Å². The number of rotatable bonds is 5. The molecule has 2 atom stereocenters. The molecule has 1 N–H and O–H groups in total. The van der Waals surface area contributed by atoms with Crippen molar-refractivity contribution in [1.29, 1.82) is 0 Å². The Morgan fingerprint density at radius 3 is 2.90 bits per heavy atom. The van der Waals surface area contributed by atoms with Crippen LogP contribution in [0.25, 0.3) is 11.4 Å². The van der Waals surface area contributed by atoms with Crippen molar-refractivity contribution in [2.24, 2.45) is 5.92 Å². The summed E-state index contributed by atoms with van der Waals surface area (Å²) in [5, 5.41) is 6.73. The molecule has 30 heavy (non-hydrogen) atoms. The molecule has 2 heterocycles. The van der Waals surface area contributed by atoms with Gasteiger partial charge in [0, 0.05) is 5.56 Å². The molecule has 9 heteroatoms. The summed E-state index contributed by atoms with van der Waals surface area (Å²) in [6, 6.07) is 7.04. The van der Waals surface area contributed by atoms with E-state index in [9.17, 15) is 14.4 Å². The lowest BCUT2D eigenvalue weighted by molar-refractivity contribution is -0.150. The van der Waals surface area contributed by atoms with Crippen molar-refractivity contribution in [3.63, 3.8) is 0 Å². The van der Waals surface area contributed by atoms with Crippen LogP contribution in [0.15, 0.2) is 28.8 Å². The minimum atomic E-state index is -0.898. The van der Waals surface area contributed by atoms with E-state index in [1.807, 2.05) is 38.1 Å². The first-order valence-electron chi connectivity index (χ1n) is 10.1. The van der Waals surface area contributed by atoms with Gasteiger partial charge < -0.3 is 14.6 Å². The minimum Gasteiger partial charge on any atom is -0.454 e. The van der Waals surface area contributed by atoms with Crippen molar-refractivity contribution in [3.8, 4) is 11.4 Å². The van der Waals surface area contributed by atoms with E-state index in [1.165, 1.54) is 0 Å². The zero-order chi connectivity index (χ0) is 21.3. The molecule has 1 saturated carbocycles. The highest BCUT2D eigenvalue weighted by Gasteiger charge is 2.55. The maximum Gasteiger partial charge on any atom is 0.326 e. The molecule has 0 radical (unpaired) electrons.